The normalized spacial score (nSPS) is 10.5. The Morgan fingerprint density at radius 3 is 2.75 bits per heavy atom. The number of carbonyl (C=O) groups is 3. The fourth-order valence-electron chi connectivity index (χ4n) is 2.60. The largest absolute Gasteiger partial charge is 0.455 e. The van der Waals surface area contributed by atoms with Crippen molar-refractivity contribution >= 4 is 34.4 Å². The summed E-state index contributed by atoms with van der Waals surface area (Å²) in [7, 11) is 0. The summed E-state index contributed by atoms with van der Waals surface area (Å²) < 4.78 is 10.1. The number of carbonyl (C=O) groups excluding carboxylic acids is 3. The van der Waals surface area contributed by atoms with Crippen LogP contribution in [-0.4, -0.2) is 36.1 Å². The van der Waals surface area contributed by atoms with Gasteiger partial charge in [-0.05, 0) is 37.3 Å². The SMILES string of the molecule is CCNC(=O)c1cccc(NC(=O)COC(=O)Cc2noc3ccccc23)c1. The molecule has 0 saturated carbocycles. The lowest BCUT2D eigenvalue weighted by Crippen LogP contribution is -2.24. The molecule has 1 aromatic heterocycles. The quantitative estimate of drug-likeness (QED) is 0.608. The molecule has 8 nitrogen and oxygen atoms in total. The van der Waals surface area contributed by atoms with E-state index < -0.39 is 18.5 Å². The van der Waals surface area contributed by atoms with E-state index in [1.165, 1.54) is 0 Å². The molecule has 0 radical (unpaired) electrons. The molecule has 1 heterocycles. The second-order valence-electron chi connectivity index (χ2n) is 5.95. The van der Waals surface area contributed by atoms with E-state index in [0.29, 0.717) is 29.1 Å². The Morgan fingerprint density at radius 1 is 1.11 bits per heavy atom. The summed E-state index contributed by atoms with van der Waals surface area (Å²) >= 11 is 0. The number of nitrogens with zero attached hydrogens (tertiary/aromatic N) is 1. The molecular formula is C20H19N3O5. The number of hydrogen-bond donors (Lipinski definition) is 2. The van der Waals surface area contributed by atoms with Crippen LogP contribution in [0.1, 0.15) is 23.0 Å². The number of hydrogen-bond acceptors (Lipinski definition) is 6. The highest BCUT2D eigenvalue weighted by molar-refractivity contribution is 5.97. The number of aromatic nitrogens is 1. The van der Waals surface area contributed by atoms with Gasteiger partial charge in [-0.15, -0.1) is 0 Å². The summed E-state index contributed by atoms with van der Waals surface area (Å²) in [5, 5.41) is 9.86. The van der Waals surface area contributed by atoms with Crippen LogP contribution in [0.3, 0.4) is 0 Å². The first kappa shape index (κ1) is 19.1. The van der Waals surface area contributed by atoms with Gasteiger partial charge in [0.05, 0.1) is 6.42 Å². The zero-order valence-electron chi connectivity index (χ0n) is 15.2. The zero-order chi connectivity index (χ0) is 19.9. The Labute approximate surface area is 160 Å². The summed E-state index contributed by atoms with van der Waals surface area (Å²) in [6.45, 7) is 1.88. The molecule has 2 N–H and O–H groups in total. The third-order valence-electron chi connectivity index (χ3n) is 3.87. The third kappa shape index (κ3) is 4.73. The smallest absolute Gasteiger partial charge is 0.312 e. The maximum Gasteiger partial charge on any atom is 0.312 e. The number of esters is 1. The molecule has 144 valence electrons. The molecule has 2 aromatic carbocycles. The molecule has 8 heteroatoms. The van der Waals surface area contributed by atoms with E-state index >= 15 is 0 Å². The van der Waals surface area contributed by atoms with Crippen LogP contribution in [0.5, 0.6) is 0 Å². The van der Waals surface area contributed by atoms with Crippen molar-refractivity contribution in [2.75, 3.05) is 18.5 Å². The van der Waals surface area contributed by atoms with Crippen molar-refractivity contribution in [1.82, 2.24) is 10.5 Å². The fourth-order valence-corrected chi connectivity index (χ4v) is 2.60. The average molecular weight is 381 g/mol. The predicted octanol–water partition coefficient (Wildman–Crippen LogP) is 2.30. The van der Waals surface area contributed by atoms with Gasteiger partial charge in [-0.3, -0.25) is 14.4 Å². The van der Waals surface area contributed by atoms with Gasteiger partial charge in [-0.1, -0.05) is 23.4 Å². The minimum absolute atomic E-state index is 0.100. The van der Waals surface area contributed by atoms with Crippen molar-refractivity contribution in [3.63, 3.8) is 0 Å². The van der Waals surface area contributed by atoms with Crippen LogP contribution in [0.15, 0.2) is 53.1 Å². The van der Waals surface area contributed by atoms with Gasteiger partial charge in [0.1, 0.15) is 5.69 Å². The Bertz CT molecular complexity index is 1010. The number of nitrogens with one attached hydrogen (secondary N) is 2. The van der Waals surface area contributed by atoms with Crippen molar-refractivity contribution < 1.29 is 23.6 Å². The number of fused-ring (bicyclic) bond motifs is 1. The molecule has 0 bridgehead atoms. The molecule has 0 aliphatic rings. The molecule has 28 heavy (non-hydrogen) atoms. The Hall–Kier alpha value is -3.68. The summed E-state index contributed by atoms with van der Waals surface area (Å²) in [5.41, 5.74) is 1.90. The Balaban J connectivity index is 1.52. The topological polar surface area (TPSA) is 111 Å². The minimum atomic E-state index is -0.592. The molecule has 0 atom stereocenters. The maximum absolute atomic E-state index is 12.0. The van der Waals surface area contributed by atoms with Crippen LogP contribution in [0.2, 0.25) is 0 Å². The molecule has 0 saturated heterocycles. The van der Waals surface area contributed by atoms with Gasteiger partial charge in [-0.25, -0.2) is 0 Å². The molecule has 3 aromatic rings. The number of ether oxygens (including phenoxy) is 1. The van der Waals surface area contributed by atoms with Crippen molar-refractivity contribution in [3.05, 3.63) is 59.8 Å². The summed E-state index contributed by atoms with van der Waals surface area (Å²) in [4.78, 5) is 35.8. The van der Waals surface area contributed by atoms with Crippen LogP contribution in [-0.2, 0) is 20.7 Å². The van der Waals surface area contributed by atoms with Gasteiger partial charge in [0, 0.05) is 23.2 Å². The fraction of sp³-hybridized carbons (Fsp3) is 0.200. The number of anilines is 1. The highest BCUT2D eigenvalue weighted by Gasteiger charge is 2.14. The molecule has 0 fully saturated rings. The van der Waals surface area contributed by atoms with Crippen LogP contribution >= 0.6 is 0 Å². The Morgan fingerprint density at radius 2 is 1.93 bits per heavy atom. The molecule has 2 amide bonds. The first-order valence-corrected chi connectivity index (χ1v) is 8.74. The van der Waals surface area contributed by atoms with Crippen molar-refractivity contribution in [2.45, 2.75) is 13.3 Å². The van der Waals surface area contributed by atoms with Gasteiger partial charge < -0.3 is 19.9 Å². The summed E-state index contributed by atoms with van der Waals surface area (Å²) in [6, 6.07) is 13.7. The van der Waals surface area contributed by atoms with E-state index in [1.54, 1.807) is 42.5 Å². The van der Waals surface area contributed by atoms with E-state index in [1.807, 2.05) is 13.0 Å². The van der Waals surface area contributed by atoms with E-state index in [9.17, 15) is 14.4 Å². The lowest BCUT2D eigenvalue weighted by molar-refractivity contribution is -0.146. The minimum Gasteiger partial charge on any atom is -0.455 e. The van der Waals surface area contributed by atoms with Crippen LogP contribution in [0, 0.1) is 0 Å². The van der Waals surface area contributed by atoms with Crippen molar-refractivity contribution in [1.29, 1.82) is 0 Å². The number of amides is 2. The molecule has 0 aliphatic heterocycles. The third-order valence-corrected chi connectivity index (χ3v) is 3.87. The van der Waals surface area contributed by atoms with Gasteiger partial charge in [0.25, 0.3) is 11.8 Å². The number of benzene rings is 2. The number of para-hydroxylation sites is 1. The molecule has 0 aliphatic carbocycles. The summed E-state index contributed by atoms with van der Waals surface area (Å²) in [6.07, 6.45) is -0.100. The van der Waals surface area contributed by atoms with Crippen molar-refractivity contribution in [2.24, 2.45) is 0 Å². The lowest BCUT2D eigenvalue weighted by atomic mass is 10.2. The second-order valence-corrected chi connectivity index (χ2v) is 5.95. The summed E-state index contributed by atoms with van der Waals surface area (Å²) in [5.74, 6) is -1.33. The van der Waals surface area contributed by atoms with Gasteiger partial charge in [0.2, 0.25) is 0 Å². The van der Waals surface area contributed by atoms with Gasteiger partial charge in [0.15, 0.2) is 12.2 Å². The molecule has 3 rings (SSSR count). The van der Waals surface area contributed by atoms with E-state index in [4.69, 9.17) is 9.26 Å². The van der Waals surface area contributed by atoms with E-state index in [-0.39, 0.29) is 12.3 Å². The average Bonchev–Trinajstić information content (AvgIpc) is 3.10. The standard InChI is InChI=1S/C20H19N3O5/c1-2-21-20(26)13-6-5-7-14(10-13)22-18(24)12-27-19(25)11-16-15-8-3-4-9-17(15)28-23-16/h3-10H,2,11-12H2,1H3,(H,21,26)(H,22,24). The monoisotopic (exact) mass is 381 g/mol. The second kappa shape index (κ2) is 8.81. The van der Waals surface area contributed by atoms with Crippen LogP contribution in [0.25, 0.3) is 11.0 Å². The first-order chi connectivity index (χ1) is 13.6. The van der Waals surface area contributed by atoms with Crippen molar-refractivity contribution in [3.8, 4) is 0 Å². The van der Waals surface area contributed by atoms with Gasteiger partial charge >= 0.3 is 5.97 Å². The van der Waals surface area contributed by atoms with Crippen LogP contribution in [0.4, 0.5) is 5.69 Å². The molecule has 0 spiro atoms. The van der Waals surface area contributed by atoms with Gasteiger partial charge in [-0.2, -0.15) is 0 Å². The molecule has 0 unspecified atom stereocenters. The molecular weight excluding hydrogens is 362 g/mol. The zero-order valence-corrected chi connectivity index (χ0v) is 15.2. The number of rotatable bonds is 7. The van der Waals surface area contributed by atoms with E-state index in [2.05, 4.69) is 15.8 Å². The first-order valence-electron chi connectivity index (χ1n) is 8.74. The highest BCUT2D eigenvalue weighted by Crippen LogP contribution is 2.18. The lowest BCUT2D eigenvalue weighted by Gasteiger charge is -2.08. The van der Waals surface area contributed by atoms with E-state index in [0.717, 1.165) is 5.39 Å². The predicted molar refractivity (Wildman–Crippen MR) is 102 cm³/mol. The highest BCUT2D eigenvalue weighted by atomic mass is 16.5. The maximum atomic E-state index is 12.0. The van der Waals surface area contributed by atoms with Crippen LogP contribution < -0.4 is 10.6 Å². The Kier molecular flexibility index (Phi) is 6.01.